The van der Waals surface area contributed by atoms with Crippen LogP contribution in [0.15, 0.2) is 59.1 Å². The molecule has 0 saturated carbocycles. The SMILES string of the molecule is CN(CCCNC(=O)COc1ccc(Br)cc1)c1ccccc1. The average molecular weight is 377 g/mol. The number of carbonyl (C=O) groups is 1. The van der Waals surface area contributed by atoms with Crippen molar-refractivity contribution in [3.8, 4) is 5.75 Å². The van der Waals surface area contributed by atoms with Crippen LogP contribution in [-0.4, -0.2) is 32.7 Å². The molecular weight excluding hydrogens is 356 g/mol. The van der Waals surface area contributed by atoms with Gasteiger partial charge in [-0.15, -0.1) is 0 Å². The molecule has 0 atom stereocenters. The van der Waals surface area contributed by atoms with Crippen molar-refractivity contribution in [2.24, 2.45) is 0 Å². The van der Waals surface area contributed by atoms with Gasteiger partial charge < -0.3 is 15.0 Å². The lowest BCUT2D eigenvalue weighted by molar-refractivity contribution is -0.123. The molecule has 122 valence electrons. The first-order chi connectivity index (χ1) is 11.1. The normalized spacial score (nSPS) is 10.2. The van der Waals surface area contributed by atoms with E-state index in [0.29, 0.717) is 12.3 Å². The zero-order valence-corrected chi connectivity index (χ0v) is 14.8. The Morgan fingerprint density at radius 3 is 2.52 bits per heavy atom. The van der Waals surface area contributed by atoms with Crippen molar-refractivity contribution in [3.05, 3.63) is 59.1 Å². The van der Waals surface area contributed by atoms with Gasteiger partial charge in [0.2, 0.25) is 0 Å². The number of amides is 1. The van der Waals surface area contributed by atoms with Crippen LogP contribution in [0.4, 0.5) is 5.69 Å². The first-order valence-electron chi connectivity index (χ1n) is 7.56. The molecule has 0 heterocycles. The summed E-state index contributed by atoms with van der Waals surface area (Å²) >= 11 is 3.36. The number of nitrogens with one attached hydrogen (secondary N) is 1. The largest absolute Gasteiger partial charge is 0.484 e. The first kappa shape index (κ1) is 17.3. The van der Waals surface area contributed by atoms with Gasteiger partial charge in [-0.1, -0.05) is 34.1 Å². The highest BCUT2D eigenvalue weighted by molar-refractivity contribution is 9.10. The highest BCUT2D eigenvalue weighted by atomic mass is 79.9. The molecule has 2 rings (SSSR count). The second kappa shape index (κ2) is 9.20. The number of benzene rings is 2. The third-order valence-corrected chi connectivity index (χ3v) is 3.90. The van der Waals surface area contributed by atoms with E-state index in [2.05, 4.69) is 38.3 Å². The Kier molecular flexibility index (Phi) is 6.94. The molecule has 0 aliphatic carbocycles. The van der Waals surface area contributed by atoms with Crippen LogP contribution in [0.2, 0.25) is 0 Å². The molecule has 2 aromatic carbocycles. The van der Waals surface area contributed by atoms with Gasteiger partial charge >= 0.3 is 0 Å². The van der Waals surface area contributed by atoms with Crippen LogP contribution in [0.25, 0.3) is 0 Å². The second-order valence-corrected chi connectivity index (χ2v) is 6.12. The molecule has 0 aromatic heterocycles. The van der Waals surface area contributed by atoms with Gasteiger partial charge in [0.15, 0.2) is 6.61 Å². The summed E-state index contributed by atoms with van der Waals surface area (Å²) in [7, 11) is 2.05. The average Bonchev–Trinajstić information content (AvgIpc) is 2.59. The summed E-state index contributed by atoms with van der Waals surface area (Å²) in [6.45, 7) is 1.56. The molecule has 0 radical (unpaired) electrons. The van der Waals surface area contributed by atoms with E-state index in [-0.39, 0.29) is 12.5 Å². The third kappa shape index (κ3) is 6.32. The van der Waals surface area contributed by atoms with Crippen LogP contribution in [-0.2, 0) is 4.79 Å². The summed E-state index contributed by atoms with van der Waals surface area (Å²) in [6.07, 6.45) is 0.884. The van der Waals surface area contributed by atoms with Crippen molar-refractivity contribution < 1.29 is 9.53 Å². The minimum Gasteiger partial charge on any atom is -0.484 e. The summed E-state index contributed by atoms with van der Waals surface area (Å²) < 4.78 is 6.41. The molecule has 23 heavy (non-hydrogen) atoms. The van der Waals surface area contributed by atoms with Crippen LogP contribution in [0.3, 0.4) is 0 Å². The van der Waals surface area contributed by atoms with Crippen molar-refractivity contribution in [2.45, 2.75) is 6.42 Å². The monoisotopic (exact) mass is 376 g/mol. The molecule has 1 N–H and O–H groups in total. The Morgan fingerprint density at radius 2 is 1.83 bits per heavy atom. The fraction of sp³-hybridized carbons (Fsp3) is 0.278. The maximum Gasteiger partial charge on any atom is 0.257 e. The highest BCUT2D eigenvalue weighted by Gasteiger charge is 2.03. The standard InChI is InChI=1S/C18H21BrN2O2/c1-21(16-6-3-2-4-7-16)13-5-12-20-18(22)14-23-17-10-8-15(19)9-11-17/h2-4,6-11H,5,12-14H2,1H3,(H,20,22). The molecule has 5 heteroatoms. The van der Waals surface area contributed by atoms with E-state index in [0.717, 1.165) is 17.4 Å². The minimum atomic E-state index is -0.102. The van der Waals surface area contributed by atoms with Gasteiger partial charge in [0.05, 0.1) is 0 Å². The smallest absolute Gasteiger partial charge is 0.257 e. The minimum absolute atomic E-state index is 0.0379. The van der Waals surface area contributed by atoms with Crippen molar-refractivity contribution in [1.29, 1.82) is 0 Å². The molecule has 0 spiro atoms. The lowest BCUT2D eigenvalue weighted by atomic mass is 10.3. The zero-order valence-electron chi connectivity index (χ0n) is 13.2. The lowest BCUT2D eigenvalue weighted by Crippen LogP contribution is -2.31. The molecule has 0 aliphatic heterocycles. The number of para-hydroxylation sites is 1. The highest BCUT2D eigenvalue weighted by Crippen LogP contribution is 2.15. The number of anilines is 1. The Morgan fingerprint density at radius 1 is 1.13 bits per heavy atom. The summed E-state index contributed by atoms with van der Waals surface area (Å²) in [6, 6.07) is 17.6. The number of nitrogens with zero attached hydrogens (tertiary/aromatic N) is 1. The van der Waals surface area contributed by atoms with Gasteiger partial charge in [-0.2, -0.15) is 0 Å². The maximum atomic E-state index is 11.7. The number of halogens is 1. The van der Waals surface area contributed by atoms with Gasteiger partial charge in [0.1, 0.15) is 5.75 Å². The molecular formula is C18H21BrN2O2. The van der Waals surface area contributed by atoms with E-state index in [1.165, 1.54) is 5.69 Å². The van der Waals surface area contributed by atoms with Crippen molar-refractivity contribution in [1.82, 2.24) is 5.32 Å². The Hall–Kier alpha value is -2.01. The van der Waals surface area contributed by atoms with Crippen molar-refractivity contribution >= 4 is 27.5 Å². The molecule has 0 unspecified atom stereocenters. The third-order valence-electron chi connectivity index (χ3n) is 3.37. The molecule has 0 fully saturated rings. The number of hydrogen-bond donors (Lipinski definition) is 1. The number of ether oxygens (including phenoxy) is 1. The lowest BCUT2D eigenvalue weighted by Gasteiger charge is -2.19. The fourth-order valence-corrected chi connectivity index (χ4v) is 2.35. The van der Waals surface area contributed by atoms with Crippen LogP contribution < -0.4 is 15.0 Å². The van der Waals surface area contributed by atoms with E-state index >= 15 is 0 Å². The summed E-state index contributed by atoms with van der Waals surface area (Å²) in [5.74, 6) is 0.586. The number of carbonyl (C=O) groups excluding carboxylic acids is 1. The fourth-order valence-electron chi connectivity index (χ4n) is 2.09. The summed E-state index contributed by atoms with van der Waals surface area (Å²) in [5, 5.41) is 2.87. The quantitative estimate of drug-likeness (QED) is 0.717. The van der Waals surface area contributed by atoms with Gasteiger partial charge in [-0.05, 0) is 42.8 Å². The Balaban J connectivity index is 1.60. The molecule has 0 bridgehead atoms. The van der Waals surface area contributed by atoms with Crippen LogP contribution in [0.1, 0.15) is 6.42 Å². The first-order valence-corrected chi connectivity index (χ1v) is 8.36. The maximum absolute atomic E-state index is 11.7. The van der Waals surface area contributed by atoms with E-state index in [1.807, 2.05) is 49.5 Å². The topological polar surface area (TPSA) is 41.6 Å². The Labute approximate surface area is 145 Å². The molecule has 1 amide bonds. The van der Waals surface area contributed by atoms with Crippen LogP contribution >= 0.6 is 15.9 Å². The van der Waals surface area contributed by atoms with Crippen molar-refractivity contribution in [3.63, 3.8) is 0 Å². The number of rotatable bonds is 8. The molecule has 2 aromatic rings. The van der Waals surface area contributed by atoms with Gasteiger partial charge in [0.25, 0.3) is 5.91 Å². The van der Waals surface area contributed by atoms with E-state index in [4.69, 9.17) is 4.74 Å². The predicted octanol–water partition coefficient (Wildman–Crippen LogP) is 3.47. The Bertz CT molecular complexity index is 602. The second-order valence-electron chi connectivity index (χ2n) is 5.20. The van der Waals surface area contributed by atoms with Gasteiger partial charge in [-0.25, -0.2) is 0 Å². The zero-order chi connectivity index (χ0) is 16.5. The summed E-state index contributed by atoms with van der Waals surface area (Å²) in [4.78, 5) is 13.9. The van der Waals surface area contributed by atoms with Crippen LogP contribution in [0.5, 0.6) is 5.75 Å². The van der Waals surface area contributed by atoms with Crippen molar-refractivity contribution in [2.75, 3.05) is 31.6 Å². The molecule has 4 nitrogen and oxygen atoms in total. The molecule has 0 saturated heterocycles. The van der Waals surface area contributed by atoms with E-state index in [9.17, 15) is 4.79 Å². The predicted molar refractivity (Wildman–Crippen MR) is 97.0 cm³/mol. The summed E-state index contributed by atoms with van der Waals surface area (Å²) in [5.41, 5.74) is 1.18. The van der Waals surface area contributed by atoms with E-state index in [1.54, 1.807) is 0 Å². The molecule has 0 aliphatic rings. The number of hydrogen-bond acceptors (Lipinski definition) is 3. The van der Waals surface area contributed by atoms with Gasteiger partial charge in [0, 0.05) is 30.3 Å². The van der Waals surface area contributed by atoms with Gasteiger partial charge in [-0.3, -0.25) is 4.79 Å². The van der Waals surface area contributed by atoms with Crippen LogP contribution in [0, 0.1) is 0 Å². The van der Waals surface area contributed by atoms with E-state index < -0.39 is 0 Å².